The molecular weight excluding hydrogens is 429 g/mol. The van der Waals surface area contributed by atoms with Gasteiger partial charge < -0.3 is 9.53 Å². The number of pyridine rings is 1. The number of carbonyl (C=O) groups excluding carboxylic acids is 1. The first kappa shape index (κ1) is 31.4. The van der Waals surface area contributed by atoms with Gasteiger partial charge in [-0.1, -0.05) is 51.8 Å². The Bertz CT molecular complexity index is 957. The highest BCUT2D eigenvalue weighted by Crippen LogP contribution is 2.34. The second-order valence-electron chi connectivity index (χ2n) is 8.42. The number of benzene rings is 1. The van der Waals surface area contributed by atoms with Crippen LogP contribution in [0.25, 0.3) is 10.9 Å². The molecule has 2 heterocycles. The van der Waals surface area contributed by atoms with Crippen LogP contribution in [0.3, 0.4) is 0 Å². The summed E-state index contributed by atoms with van der Waals surface area (Å²) in [5.41, 5.74) is 6.17. The van der Waals surface area contributed by atoms with E-state index in [0.29, 0.717) is 0 Å². The SMILES string of the molecule is C=O.CCCC.CCc1cccc(C)c1F.COC.Cc1cnc(CC2CC2)c2c(C)[nH]nc12.[HH]. The van der Waals surface area contributed by atoms with Crippen molar-refractivity contribution in [3.05, 3.63) is 58.3 Å². The number of nitrogens with zero attached hydrogens (tertiary/aromatic N) is 2. The molecule has 1 N–H and O–H groups in total. The molecule has 1 saturated carbocycles. The molecular formula is C28H46FN3O2. The van der Waals surface area contributed by atoms with Crippen LogP contribution in [0.5, 0.6) is 0 Å². The molecule has 1 fully saturated rings. The summed E-state index contributed by atoms with van der Waals surface area (Å²) in [4.78, 5) is 12.6. The number of rotatable bonds is 4. The number of hydrogen-bond acceptors (Lipinski definition) is 4. The van der Waals surface area contributed by atoms with E-state index in [2.05, 4.69) is 47.6 Å². The summed E-state index contributed by atoms with van der Waals surface area (Å²) in [5.74, 6) is 0.822. The third-order valence-electron chi connectivity index (χ3n) is 5.35. The number of methoxy groups -OCH3 is 1. The van der Waals surface area contributed by atoms with E-state index in [0.717, 1.165) is 46.7 Å². The predicted octanol–water partition coefficient (Wildman–Crippen LogP) is 7.35. The van der Waals surface area contributed by atoms with Crippen molar-refractivity contribution in [2.75, 3.05) is 14.2 Å². The van der Waals surface area contributed by atoms with E-state index in [1.165, 1.54) is 36.8 Å². The highest BCUT2D eigenvalue weighted by molar-refractivity contribution is 5.85. The Morgan fingerprint density at radius 2 is 1.68 bits per heavy atom. The van der Waals surface area contributed by atoms with Crippen molar-refractivity contribution in [2.45, 2.75) is 80.1 Å². The maximum atomic E-state index is 13.0. The molecule has 3 aromatic rings. The van der Waals surface area contributed by atoms with E-state index in [1.54, 1.807) is 27.2 Å². The Balaban J connectivity index is 0. The molecule has 0 atom stereocenters. The standard InChI is InChI=1S/C12H15N3.C9H11F.C4H10.C2H6O.CH2O.H2/c1-7-6-13-10(5-9-3-4-9)11-8(2)14-15-12(7)11;1-3-8-6-4-5-7(2)9(8)10;1-3-4-2;1-3-2;1-2;/h6,9H,3-5H2,1-2H3,(H,14,15);4-6H,3H2,1-2H3;3-4H2,1-2H3;1-2H3;1H2;1H. The molecule has 192 valence electrons. The van der Waals surface area contributed by atoms with Gasteiger partial charge in [0.25, 0.3) is 0 Å². The molecule has 0 amide bonds. The number of nitrogens with one attached hydrogen (secondary N) is 1. The van der Waals surface area contributed by atoms with Crippen LogP contribution in [-0.4, -0.2) is 36.2 Å². The first-order chi connectivity index (χ1) is 16.3. The Hall–Kier alpha value is -2.60. The van der Waals surface area contributed by atoms with Crippen molar-refractivity contribution in [1.82, 2.24) is 15.2 Å². The lowest BCUT2D eigenvalue weighted by Gasteiger charge is -2.03. The summed E-state index contributed by atoms with van der Waals surface area (Å²) in [5, 5.41) is 8.65. The van der Waals surface area contributed by atoms with Gasteiger partial charge >= 0.3 is 0 Å². The van der Waals surface area contributed by atoms with E-state index in [4.69, 9.17) is 4.79 Å². The van der Waals surface area contributed by atoms with Crippen LogP contribution in [0.15, 0.2) is 24.4 Å². The molecule has 0 aliphatic heterocycles. The Kier molecular flexibility index (Phi) is 16.5. The highest BCUT2D eigenvalue weighted by Gasteiger charge is 2.24. The van der Waals surface area contributed by atoms with Gasteiger partial charge in [-0.25, -0.2) is 4.39 Å². The van der Waals surface area contributed by atoms with Gasteiger partial charge in [-0.3, -0.25) is 10.1 Å². The Labute approximate surface area is 207 Å². The second kappa shape index (κ2) is 17.8. The number of fused-ring (bicyclic) bond motifs is 1. The fourth-order valence-corrected chi connectivity index (χ4v) is 3.10. The van der Waals surface area contributed by atoms with Crippen LogP contribution >= 0.6 is 0 Å². The van der Waals surface area contributed by atoms with E-state index in [9.17, 15) is 4.39 Å². The average Bonchev–Trinajstić information content (AvgIpc) is 3.58. The molecule has 1 aromatic carbocycles. The molecule has 0 radical (unpaired) electrons. The number of aryl methyl sites for hydroxylation is 4. The van der Waals surface area contributed by atoms with Crippen LogP contribution in [-0.2, 0) is 22.4 Å². The van der Waals surface area contributed by atoms with Crippen molar-refractivity contribution in [2.24, 2.45) is 5.92 Å². The van der Waals surface area contributed by atoms with E-state index in [-0.39, 0.29) is 7.24 Å². The number of aromatic nitrogens is 3. The maximum Gasteiger partial charge on any atom is 0.129 e. The number of halogens is 1. The smallest absolute Gasteiger partial charge is 0.129 e. The van der Waals surface area contributed by atoms with Gasteiger partial charge in [0.2, 0.25) is 0 Å². The summed E-state index contributed by atoms with van der Waals surface area (Å²) in [7, 11) is 3.25. The van der Waals surface area contributed by atoms with Crippen molar-refractivity contribution >= 4 is 17.7 Å². The van der Waals surface area contributed by atoms with Crippen LogP contribution in [0.1, 0.15) is 76.0 Å². The number of H-pyrrole nitrogens is 1. The fourth-order valence-electron chi connectivity index (χ4n) is 3.10. The summed E-state index contributed by atoms with van der Waals surface area (Å²) in [6.45, 7) is 14.2. The molecule has 5 nitrogen and oxygen atoms in total. The van der Waals surface area contributed by atoms with Gasteiger partial charge in [0, 0.05) is 32.9 Å². The molecule has 1 aliphatic rings. The molecule has 0 unspecified atom stereocenters. The van der Waals surface area contributed by atoms with Crippen LogP contribution in [0.4, 0.5) is 4.39 Å². The van der Waals surface area contributed by atoms with E-state index >= 15 is 0 Å². The second-order valence-corrected chi connectivity index (χ2v) is 8.42. The molecule has 4 rings (SSSR count). The number of hydrogen-bond donors (Lipinski definition) is 1. The van der Waals surface area contributed by atoms with Crippen LogP contribution in [0, 0.1) is 32.5 Å². The normalized spacial score (nSPS) is 11.6. The van der Waals surface area contributed by atoms with Gasteiger partial charge in [-0.15, -0.1) is 0 Å². The summed E-state index contributed by atoms with van der Waals surface area (Å²) in [6.07, 6.45) is 9.22. The third kappa shape index (κ3) is 10.6. The maximum absolute atomic E-state index is 13.0. The topological polar surface area (TPSA) is 67.9 Å². The van der Waals surface area contributed by atoms with Crippen molar-refractivity contribution in [3.8, 4) is 0 Å². The van der Waals surface area contributed by atoms with Gasteiger partial charge in [0.05, 0.1) is 11.2 Å². The monoisotopic (exact) mass is 475 g/mol. The summed E-state index contributed by atoms with van der Waals surface area (Å²) < 4.78 is 17.3. The molecule has 0 bridgehead atoms. The highest BCUT2D eigenvalue weighted by atomic mass is 19.1. The lowest BCUT2D eigenvalue weighted by Crippen LogP contribution is -1.94. The van der Waals surface area contributed by atoms with Crippen LogP contribution < -0.4 is 0 Å². The van der Waals surface area contributed by atoms with Gasteiger partial charge in [-0.05, 0) is 69.1 Å². The zero-order valence-corrected chi connectivity index (χ0v) is 22.4. The summed E-state index contributed by atoms with van der Waals surface area (Å²) in [6, 6.07) is 5.49. The van der Waals surface area contributed by atoms with Crippen molar-refractivity contribution in [3.63, 3.8) is 0 Å². The molecule has 6 heteroatoms. The average molecular weight is 476 g/mol. The number of ether oxygens (including phenoxy) is 1. The molecule has 1 aliphatic carbocycles. The minimum atomic E-state index is -0.0509. The largest absolute Gasteiger partial charge is 0.388 e. The predicted molar refractivity (Wildman–Crippen MR) is 143 cm³/mol. The molecule has 2 aromatic heterocycles. The first-order valence-corrected chi connectivity index (χ1v) is 12.1. The quantitative estimate of drug-likeness (QED) is 0.428. The Morgan fingerprint density at radius 1 is 1.09 bits per heavy atom. The zero-order valence-electron chi connectivity index (χ0n) is 22.4. The number of carbonyl (C=O) groups is 1. The Morgan fingerprint density at radius 3 is 2.15 bits per heavy atom. The van der Waals surface area contributed by atoms with Gasteiger partial charge in [0.1, 0.15) is 12.6 Å². The zero-order chi connectivity index (χ0) is 26.1. The lowest BCUT2D eigenvalue weighted by molar-refractivity contribution is -0.0979. The van der Waals surface area contributed by atoms with Gasteiger partial charge in [0.15, 0.2) is 0 Å². The van der Waals surface area contributed by atoms with E-state index in [1.807, 2.05) is 32.0 Å². The first-order valence-electron chi connectivity index (χ1n) is 12.1. The third-order valence-corrected chi connectivity index (χ3v) is 5.35. The fraction of sp³-hybridized carbons (Fsp3) is 0.536. The molecule has 34 heavy (non-hydrogen) atoms. The minimum Gasteiger partial charge on any atom is -0.388 e. The van der Waals surface area contributed by atoms with Crippen molar-refractivity contribution < 1.29 is 15.3 Å². The lowest BCUT2D eigenvalue weighted by atomic mass is 10.1. The number of aromatic amines is 1. The van der Waals surface area contributed by atoms with Crippen LogP contribution in [0.2, 0.25) is 0 Å². The molecule has 0 saturated heterocycles. The number of unbranched alkanes of at least 4 members (excludes halogenated alkanes) is 1. The minimum absolute atomic E-state index is 0. The van der Waals surface area contributed by atoms with E-state index < -0.39 is 0 Å². The summed E-state index contributed by atoms with van der Waals surface area (Å²) >= 11 is 0. The van der Waals surface area contributed by atoms with Gasteiger partial charge in [-0.2, -0.15) is 5.10 Å². The molecule has 0 spiro atoms. The van der Waals surface area contributed by atoms with Crippen molar-refractivity contribution in [1.29, 1.82) is 0 Å².